The summed E-state index contributed by atoms with van der Waals surface area (Å²) < 4.78 is 0. The number of nitrogens with one attached hydrogen (secondary N) is 1. The quantitative estimate of drug-likeness (QED) is 0.732. The maximum atomic E-state index is 3.59. The van der Waals surface area contributed by atoms with Crippen LogP contribution in [-0.4, -0.2) is 17.1 Å². The summed E-state index contributed by atoms with van der Waals surface area (Å²) >= 11 is 0. The van der Waals surface area contributed by atoms with E-state index in [1.165, 1.54) is 11.4 Å². The lowest BCUT2D eigenvalue weighted by atomic mass is 9.88. The molecule has 0 unspecified atom stereocenters. The SMILES string of the molecule is CC(C)C1=C(C(C)(C)C)NCN1C(C)(C)C. The summed E-state index contributed by atoms with van der Waals surface area (Å²) in [4.78, 5) is 2.50. The number of allylic oxidation sites excluding steroid dienone is 2. The van der Waals surface area contributed by atoms with Crippen LogP contribution in [0.5, 0.6) is 0 Å². The topological polar surface area (TPSA) is 15.3 Å². The van der Waals surface area contributed by atoms with Crippen LogP contribution in [0.3, 0.4) is 0 Å². The summed E-state index contributed by atoms with van der Waals surface area (Å²) in [5.74, 6) is 0.573. The van der Waals surface area contributed by atoms with Crippen molar-refractivity contribution in [2.45, 2.75) is 60.9 Å². The molecule has 94 valence electrons. The van der Waals surface area contributed by atoms with E-state index in [-0.39, 0.29) is 11.0 Å². The number of hydrogen-bond donors (Lipinski definition) is 1. The molecule has 0 aromatic heterocycles. The predicted molar refractivity (Wildman–Crippen MR) is 70.9 cm³/mol. The second-order valence-corrected chi connectivity index (χ2v) is 7.10. The molecule has 1 heterocycles. The zero-order chi connectivity index (χ0) is 12.7. The fraction of sp³-hybridized carbons (Fsp3) is 0.857. The first-order chi connectivity index (χ1) is 7.05. The van der Waals surface area contributed by atoms with Crippen molar-refractivity contribution in [2.24, 2.45) is 11.3 Å². The van der Waals surface area contributed by atoms with Crippen molar-refractivity contribution >= 4 is 0 Å². The van der Waals surface area contributed by atoms with Gasteiger partial charge < -0.3 is 10.2 Å². The van der Waals surface area contributed by atoms with Gasteiger partial charge in [-0.1, -0.05) is 34.6 Å². The van der Waals surface area contributed by atoms with Gasteiger partial charge in [-0.2, -0.15) is 0 Å². The molecule has 0 amide bonds. The van der Waals surface area contributed by atoms with E-state index < -0.39 is 0 Å². The lowest BCUT2D eigenvalue weighted by Gasteiger charge is -2.37. The zero-order valence-corrected chi connectivity index (χ0v) is 12.2. The van der Waals surface area contributed by atoms with E-state index in [1.807, 2.05) is 0 Å². The Balaban J connectivity index is 3.18. The first-order valence-corrected chi connectivity index (χ1v) is 6.31. The molecule has 1 rings (SSSR count). The zero-order valence-electron chi connectivity index (χ0n) is 12.2. The molecular formula is C14H28N2. The Bertz CT molecular complexity index is 287. The van der Waals surface area contributed by atoms with Crippen LogP contribution in [0.4, 0.5) is 0 Å². The molecule has 0 aromatic carbocycles. The molecule has 0 atom stereocenters. The van der Waals surface area contributed by atoms with Gasteiger partial charge in [-0.15, -0.1) is 0 Å². The van der Waals surface area contributed by atoms with Crippen LogP contribution in [0.25, 0.3) is 0 Å². The minimum atomic E-state index is 0.194. The standard InChI is InChI=1S/C14H28N2/c1-10(2)11-12(13(3,4)5)15-9-16(11)14(6,7)8/h10,15H,9H2,1-8H3. The van der Waals surface area contributed by atoms with Crippen molar-refractivity contribution in [1.82, 2.24) is 10.2 Å². The van der Waals surface area contributed by atoms with E-state index in [9.17, 15) is 0 Å². The van der Waals surface area contributed by atoms with Crippen LogP contribution in [0.15, 0.2) is 11.4 Å². The van der Waals surface area contributed by atoms with Gasteiger partial charge in [-0.05, 0) is 26.7 Å². The smallest absolute Gasteiger partial charge is 0.0877 e. The molecule has 0 saturated heterocycles. The first kappa shape index (κ1) is 13.4. The van der Waals surface area contributed by atoms with Crippen molar-refractivity contribution in [3.05, 3.63) is 11.4 Å². The van der Waals surface area contributed by atoms with Crippen LogP contribution in [0.2, 0.25) is 0 Å². The average molecular weight is 224 g/mol. The lowest BCUT2D eigenvalue weighted by molar-refractivity contribution is 0.181. The normalized spacial score (nSPS) is 18.4. The van der Waals surface area contributed by atoms with E-state index in [4.69, 9.17) is 0 Å². The maximum Gasteiger partial charge on any atom is 0.0877 e. The molecule has 16 heavy (non-hydrogen) atoms. The van der Waals surface area contributed by atoms with Gasteiger partial charge in [0.1, 0.15) is 0 Å². The van der Waals surface area contributed by atoms with E-state index in [0.29, 0.717) is 5.92 Å². The van der Waals surface area contributed by atoms with Crippen LogP contribution in [-0.2, 0) is 0 Å². The minimum Gasteiger partial charge on any atom is -0.369 e. The van der Waals surface area contributed by atoms with Crippen LogP contribution < -0.4 is 5.32 Å². The third-order valence-corrected chi connectivity index (χ3v) is 3.07. The Morgan fingerprint density at radius 2 is 1.56 bits per heavy atom. The maximum absolute atomic E-state index is 3.59. The molecule has 0 aliphatic carbocycles. The molecule has 1 aliphatic rings. The lowest BCUT2D eigenvalue weighted by Crippen LogP contribution is -2.41. The van der Waals surface area contributed by atoms with E-state index in [1.54, 1.807) is 0 Å². The van der Waals surface area contributed by atoms with Crippen molar-refractivity contribution < 1.29 is 0 Å². The molecule has 0 saturated carbocycles. The molecule has 0 fully saturated rings. The third kappa shape index (κ3) is 2.53. The molecule has 0 radical (unpaired) electrons. The van der Waals surface area contributed by atoms with Gasteiger partial charge in [0.2, 0.25) is 0 Å². The monoisotopic (exact) mass is 224 g/mol. The first-order valence-electron chi connectivity index (χ1n) is 6.31. The molecule has 1 aliphatic heterocycles. The molecular weight excluding hydrogens is 196 g/mol. The molecule has 2 heteroatoms. The fourth-order valence-electron chi connectivity index (χ4n) is 2.32. The third-order valence-electron chi connectivity index (χ3n) is 3.07. The van der Waals surface area contributed by atoms with Crippen LogP contribution >= 0.6 is 0 Å². The van der Waals surface area contributed by atoms with Crippen molar-refractivity contribution in [1.29, 1.82) is 0 Å². The Hall–Kier alpha value is -0.660. The van der Waals surface area contributed by atoms with Gasteiger partial charge in [0.15, 0.2) is 0 Å². The van der Waals surface area contributed by atoms with Gasteiger partial charge in [0.05, 0.1) is 6.67 Å². The van der Waals surface area contributed by atoms with Gasteiger partial charge in [-0.3, -0.25) is 0 Å². The largest absolute Gasteiger partial charge is 0.369 e. The second-order valence-electron chi connectivity index (χ2n) is 7.10. The number of hydrogen-bond acceptors (Lipinski definition) is 2. The second kappa shape index (κ2) is 3.97. The van der Waals surface area contributed by atoms with Crippen LogP contribution in [0.1, 0.15) is 55.4 Å². The summed E-state index contributed by atoms with van der Waals surface area (Å²) in [6.45, 7) is 19.2. The van der Waals surface area contributed by atoms with Gasteiger partial charge in [0, 0.05) is 22.3 Å². The Kier molecular flexibility index (Phi) is 3.33. The summed E-state index contributed by atoms with van der Waals surface area (Å²) in [5.41, 5.74) is 3.30. The number of rotatable bonds is 1. The Morgan fingerprint density at radius 3 is 1.88 bits per heavy atom. The highest BCUT2D eigenvalue weighted by Gasteiger charge is 2.35. The van der Waals surface area contributed by atoms with Crippen molar-refractivity contribution in [3.63, 3.8) is 0 Å². The van der Waals surface area contributed by atoms with Gasteiger partial charge >= 0.3 is 0 Å². The van der Waals surface area contributed by atoms with E-state index in [2.05, 4.69) is 65.6 Å². The van der Waals surface area contributed by atoms with Gasteiger partial charge in [0.25, 0.3) is 0 Å². The Morgan fingerprint density at radius 1 is 1.06 bits per heavy atom. The summed E-state index contributed by atoms with van der Waals surface area (Å²) in [6.07, 6.45) is 0. The highest BCUT2D eigenvalue weighted by atomic mass is 15.3. The van der Waals surface area contributed by atoms with Crippen molar-refractivity contribution in [3.8, 4) is 0 Å². The van der Waals surface area contributed by atoms with Crippen LogP contribution in [0, 0.1) is 11.3 Å². The minimum absolute atomic E-state index is 0.194. The highest BCUT2D eigenvalue weighted by molar-refractivity contribution is 5.25. The molecule has 1 N–H and O–H groups in total. The molecule has 0 bridgehead atoms. The Labute approximate surface area is 101 Å². The van der Waals surface area contributed by atoms with Gasteiger partial charge in [-0.25, -0.2) is 0 Å². The van der Waals surface area contributed by atoms with E-state index in [0.717, 1.165) is 6.67 Å². The van der Waals surface area contributed by atoms with Crippen molar-refractivity contribution in [2.75, 3.05) is 6.67 Å². The molecule has 0 aromatic rings. The summed E-state index contributed by atoms with van der Waals surface area (Å²) in [5, 5.41) is 3.59. The predicted octanol–water partition coefficient (Wildman–Crippen LogP) is 3.56. The number of nitrogens with zero attached hydrogens (tertiary/aromatic N) is 1. The fourth-order valence-corrected chi connectivity index (χ4v) is 2.32. The summed E-state index contributed by atoms with van der Waals surface area (Å²) in [6, 6.07) is 0. The van der Waals surface area contributed by atoms with E-state index >= 15 is 0 Å². The summed E-state index contributed by atoms with van der Waals surface area (Å²) in [7, 11) is 0. The molecule has 2 nitrogen and oxygen atoms in total. The average Bonchev–Trinajstić information content (AvgIpc) is 2.43. The highest BCUT2D eigenvalue weighted by Crippen LogP contribution is 2.37. The molecule has 0 spiro atoms.